The van der Waals surface area contributed by atoms with Gasteiger partial charge in [-0.3, -0.25) is 44.2 Å². The van der Waals surface area contributed by atoms with Crippen LogP contribution in [0.1, 0.15) is 54.6 Å². The molecule has 0 radical (unpaired) electrons. The van der Waals surface area contributed by atoms with Crippen LogP contribution in [0.5, 0.6) is 0 Å². The molecule has 1 fully saturated rings. The smallest absolute Gasteiger partial charge is 0.320 e. The maximum atomic E-state index is 10.8. The number of carbonyl (C=O) groups is 5. The van der Waals surface area contributed by atoms with Crippen molar-refractivity contribution in [1.29, 1.82) is 0 Å². The maximum absolute atomic E-state index is 10.8. The van der Waals surface area contributed by atoms with Crippen LogP contribution < -0.4 is 5.73 Å². The van der Waals surface area contributed by atoms with Crippen LogP contribution in [0.3, 0.4) is 0 Å². The summed E-state index contributed by atoms with van der Waals surface area (Å²) < 4.78 is 13.9. The molecule has 16 heteroatoms. The number of carboxylic acid groups (broad SMARTS) is 1. The number of nitro benzene ring substituents is 2. The molecule has 48 heavy (non-hydrogen) atoms. The van der Waals surface area contributed by atoms with Crippen LogP contribution in [0.2, 0.25) is 0 Å². The minimum Gasteiger partial charge on any atom is -0.481 e. The number of nitrogens with zero attached hydrogens (tertiary/aromatic N) is 2. The summed E-state index contributed by atoms with van der Waals surface area (Å²) >= 11 is 0. The molecule has 0 bridgehead atoms. The van der Waals surface area contributed by atoms with Crippen molar-refractivity contribution in [3.05, 3.63) is 110 Å². The Hall–Kier alpha value is -6.19. The van der Waals surface area contributed by atoms with Crippen LogP contribution in [-0.4, -0.2) is 58.0 Å². The number of carboxylic acids is 1. The van der Waals surface area contributed by atoms with Gasteiger partial charge in [-0.15, -0.1) is 0 Å². The first kappa shape index (κ1) is 39.8. The molecule has 0 unspecified atom stereocenters. The van der Waals surface area contributed by atoms with E-state index in [-0.39, 0.29) is 30.2 Å². The Balaban J connectivity index is 0.000000322. The molecular formula is C32H35N3O13. The molecule has 1 saturated heterocycles. The van der Waals surface area contributed by atoms with E-state index in [1.54, 1.807) is 12.1 Å². The van der Waals surface area contributed by atoms with Gasteiger partial charge in [-0.05, 0) is 36.1 Å². The molecule has 0 atom stereocenters. The largest absolute Gasteiger partial charge is 0.481 e. The van der Waals surface area contributed by atoms with E-state index in [4.69, 9.17) is 10.8 Å². The summed E-state index contributed by atoms with van der Waals surface area (Å²) in [7, 11) is 1.39. The fraction of sp³-hybridized carbons (Fsp3) is 0.281. The monoisotopic (exact) mass is 669 g/mol. The Morgan fingerprint density at radius 1 is 0.875 bits per heavy atom. The highest BCUT2D eigenvalue weighted by atomic mass is 16.7. The summed E-state index contributed by atoms with van der Waals surface area (Å²) in [6.07, 6.45) is 1.69. The van der Waals surface area contributed by atoms with E-state index in [2.05, 4.69) is 14.2 Å². The summed E-state index contributed by atoms with van der Waals surface area (Å²) in [5.41, 5.74) is 8.29. The minimum absolute atomic E-state index is 0.00658. The SMILES string of the molecule is CC1(C)OC(=O)CC(=O)O1.COC(=O)CCc1cccc(N)c1.O=C(O)CCc1cccc([N+](=O)[O-])c1.O=Cc1cccc([N+](=O)[O-])c1. The number of aldehydes is 1. The van der Waals surface area contributed by atoms with E-state index in [9.17, 15) is 44.2 Å². The highest BCUT2D eigenvalue weighted by molar-refractivity contribution is 5.93. The van der Waals surface area contributed by atoms with Crippen molar-refractivity contribution in [3.63, 3.8) is 0 Å². The van der Waals surface area contributed by atoms with Crippen molar-refractivity contribution in [2.24, 2.45) is 0 Å². The molecule has 0 aliphatic carbocycles. The molecule has 16 nitrogen and oxygen atoms in total. The number of esters is 3. The molecule has 0 amide bonds. The van der Waals surface area contributed by atoms with Gasteiger partial charge in [0, 0.05) is 62.2 Å². The van der Waals surface area contributed by atoms with Crippen LogP contribution in [0, 0.1) is 20.2 Å². The molecular weight excluding hydrogens is 634 g/mol. The number of ether oxygens (including phenoxy) is 3. The topological polar surface area (TPSA) is 246 Å². The van der Waals surface area contributed by atoms with Gasteiger partial charge in [0.2, 0.25) is 0 Å². The zero-order valence-electron chi connectivity index (χ0n) is 26.4. The molecule has 0 saturated carbocycles. The van der Waals surface area contributed by atoms with Gasteiger partial charge in [-0.1, -0.05) is 36.4 Å². The first-order chi connectivity index (χ1) is 22.5. The lowest BCUT2D eigenvalue weighted by atomic mass is 10.1. The number of methoxy groups -OCH3 is 1. The fourth-order valence-corrected chi connectivity index (χ4v) is 3.64. The Kier molecular flexibility index (Phi) is 16.6. The fourth-order valence-electron chi connectivity index (χ4n) is 3.64. The quantitative estimate of drug-likeness (QED) is 0.0789. The molecule has 3 aromatic rings. The highest BCUT2D eigenvalue weighted by Crippen LogP contribution is 2.18. The number of cyclic esters (lactones) is 2. The van der Waals surface area contributed by atoms with Crippen molar-refractivity contribution < 1.29 is 53.1 Å². The van der Waals surface area contributed by atoms with Crippen molar-refractivity contribution in [2.75, 3.05) is 12.8 Å². The predicted molar refractivity (Wildman–Crippen MR) is 170 cm³/mol. The third kappa shape index (κ3) is 16.8. The van der Waals surface area contributed by atoms with Crippen LogP contribution in [-0.2, 0) is 46.2 Å². The summed E-state index contributed by atoms with van der Waals surface area (Å²) in [4.78, 5) is 71.9. The molecule has 1 aliphatic heterocycles. The van der Waals surface area contributed by atoms with Gasteiger partial charge in [-0.2, -0.15) is 0 Å². The normalized spacial score (nSPS) is 12.4. The molecule has 0 spiro atoms. The zero-order valence-corrected chi connectivity index (χ0v) is 26.4. The average molecular weight is 670 g/mol. The molecule has 3 aromatic carbocycles. The van der Waals surface area contributed by atoms with Crippen molar-refractivity contribution >= 4 is 47.2 Å². The molecule has 3 N–H and O–H groups in total. The first-order valence-electron chi connectivity index (χ1n) is 14.0. The number of aryl methyl sites for hydroxylation is 2. The van der Waals surface area contributed by atoms with Crippen LogP contribution in [0.4, 0.5) is 17.1 Å². The molecule has 1 heterocycles. The number of nitrogens with two attached hydrogens (primary N) is 1. The van der Waals surface area contributed by atoms with Crippen molar-refractivity contribution in [3.8, 4) is 0 Å². The Morgan fingerprint density at radius 3 is 1.85 bits per heavy atom. The maximum Gasteiger partial charge on any atom is 0.320 e. The number of hydrogen-bond donors (Lipinski definition) is 2. The second kappa shape index (κ2) is 20.0. The summed E-state index contributed by atoms with van der Waals surface area (Å²) in [5.74, 6) is -3.23. The number of hydrogen-bond acceptors (Lipinski definition) is 13. The van der Waals surface area contributed by atoms with Gasteiger partial charge in [-0.25, -0.2) is 0 Å². The number of non-ortho nitro benzene ring substituents is 2. The molecule has 4 rings (SSSR count). The van der Waals surface area contributed by atoms with Gasteiger partial charge in [0.05, 0.1) is 17.0 Å². The average Bonchev–Trinajstić information content (AvgIpc) is 3.02. The standard InChI is InChI=1S/C10H13NO2.C9H9NO4.C7H5NO3.C6H8O4/c1-13-10(12)6-5-8-3-2-4-9(11)7-8;11-9(12)5-4-7-2-1-3-8(6-7)10(13)14;9-5-6-2-1-3-7(4-6)8(10)11;1-6(2)9-4(7)3-5(8)10-6/h2-4,7H,5-6,11H2,1H3;1-3,6H,4-5H2,(H,11,12);1-5H;3H2,1-2H3. The zero-order chi connectivity index (χ0) is 36.3. The van der Waals surface area contributed by atoms with Gasteiger partial charge < -0.3 is 25.1 Å². The van der Waals surface area contributed by atoms with E-state index in [0.717, 1.165) is 11.3 Å². The van der Waals surface area contributed by atoms with Gasteiger partial charge in [0.15, 0.2) is 0 Å². The third-order valence-corrected chi connectivity index (χ3v) is 5.77. The summed E-state index contributed by atoms with van der Waals surface area (Å²) in [6, 6.07) is 19.1. The van der Waals surface area contributed by atoms with Crippen LogP contribution in [0.15, 0.2) is 72.8 Å². The van der Waals surface area contributed by atoms with Crippen LogP contribution in [0.25, 0.3) is 0 Å². The number of aliphatic carboxylic acids is 1. The van der Waals surface area contributed by atoms with E-state index in [1.165, 1.54) is 57.4 Å². The van der Waals surface area contributed by atoms with Gasteiger partial charge in [0.1, 0.15) is 12.7 Å². The summed E-state index contributed by atoms with van der Waals surface area (Å²) in [5, 5.41) is 29.0. The van der Waals surface area contributed by atoms with Crippen LogP contribution >= 0.6 is 0 Å². The highest BCUT2D eigenvalue weighted by Gasteiger charge is 2.34. The number of anilines is 1. The summed E-state index contributed by atoms with van der Waals surface area (Å²) in [6.45, 7) is 3.03. The number of nitrogen functional groups attached to an aromatic ring is 1. The lowest BCUT2D eigenvalue weighted by molar-refractivity contribution is -0.385. The van der Waals surface area contributed by atoms with E-state index in [1.807, 2.05) is 24.3 Å². The third-order valence-electron chi connectivity index (χ3n) is 5.77. The van der Waals surface area contributed by atoms with Gasteiger partial charge >= 0.3 is 23.9 Å². The second-order valence-electron chi connectivity index (χ2n) is 10.1. The van der Waals surface area contributed by atoms with Crippen molar-refractivity contribution in [2.45, 2.75) is 51.7 Å². The number of benzene rings is 3. The van der Waals surface area contributed by atoms with E-state index in [0.29, 0.717) is 36.7 Å². The first-order valence-corrected chi connectivity index (χ1v) is 14.0. The molecule has 1 aliphatic rings. The molecule has 256 valence electrons. The van der Waals surface area contributed by atoms with Crippen molar-refractivity contribution in [1.82, 2.24) is 0 Å². The lowest BCUT2D eigenvalue weighted by Crippen LogP contribution is -2.39. The Bertz CT molecular complexity index is 1590. The van der Waals surface area contributed by atoms with E-state index < -0.39 is 33.5 Å². The number of rotatable bonds is 9. The number of nitro groups is 2. The second-order valence-corrected chi connectivity index (χ2v) is 10.1. The Labute approximate surface area is 274 Å². The lowest BCUT2D eigenvalue weighted by Gasteiger charge is -2.28. The van der Waals surface area contributed by atoms with Gasteiger partial charge in [0.25, 0.3) is 17.2 Å². The van der Waals surface area contributed by atoms with E-state index >= 15 is 0 Å². The number of carbonyl (C=O) groups excluding carboxylic acids is 4. The predicted octanol–water partition coefficient (Wildman–Crippen LogP) is 4.61. The molecule has 0 aromatic heterocycles. The minimum atomic E-state index is -1.08. The Morgan fingerprint density at radius 2 is 1.38 bits per heavy atom.